The molecule has 1 fully saturated rings. The van der Waals surface area contributed by atoms with Crippen molar-refractivity contribution in [1.82, 2.24) is 5.32 Å². The number of nitrogens with one attached hydrogen (secondary N) is 2. The van der Waals surface area contributed by atoms with Crippen LogP contribution in [-0.4, -0.2) is 37.4 Å². The summed E-state index contributed by atoms with van der Waals surface area (Å²) in [6.45, 7) is 8.45. The van der Waals surface area contributed by atoms with Crippen LogP contribution in [-0.2, 0) is 16.0 Å². The second-order valence-electron chi connectivity index (χ2n) is 11.0. The Balaban J connectivity index is 0.00000157. The van der Waals surface area contributed by atoms with Crippen molar-refractivity contribution in [2.45, 2.75) is 32.6 Å². The maximum Gasteiger partial charge on any atom is 0.253 e. The van der Waals surface area contributed by atoms with Crippen LogP contribution in [0.5, 0.6) is 11.5 Å². The molecule has 8 heteroatoms. The van der Waals surface area contributed by atoms with Gasteiger partial charge >= 0.3 is 0 Å². The summed E-state index contributed by atoms with van der Waals surface area (Å²) in [5, 5.41) is 13.1. The zero-order valence-electron chi connectivity index (χ0n) is 28.0. The second-order valence-corrected chi connectivity index (χ2v) is 11.9. The predicted molar refractivity (Wildman–Crippen MR) is 202 cm³/mol. The first-order valence-electron chi connectivity index (χ1n) is 16.0. The number of carbonyl (C=O) groups excluding carboxylic acids is 3. The first kappa shape index (κ1) is 38.4. The summed E-state index contributed by atoms with van der Waals surface area (Å²) in [7, 11) is 1.00. The highest BCUT2D eigenvalue weighted by Gasteiger charge is 2.51. The number of carbonyl (C=O) groups is 3. The molecule has 0 aromatic heterocycles. The Hall–Kier alpha value is -5.05. The third-order valence-corrected chi connectivity index (χ3v) is 8.39. The van der Waals surface area contributed by atoms with E-state index in [2.05, 4.69) is 64.3 Å². The number of allylic oxidation sites excluding steroid dienone is 4. The van der Waals surface area contributed by atoms with Crippen LogP contribution in [0.1, 0.15) is 42.1 Å². The Labute approximate surface area is 297 Å². The molecule has 5 rings (SSSR count). The monoisotopic (exact) mass is 722 g/mol. The van der Waals surface area contributed by atoms with Crippen LogP contribution in [0.25, 0.3) is 11.1 Å². The van der Waals surface area contributed by atoms with Crippen molar-refractivity contribution in [3.63, 3.8) is 0 Å². The number of ether oxygens (including phenoxy) is 1. The smallest absolute Gasteiger partial charge is 0.253 e. The number of hydrogen-bond acceptors (Lipinski definition) is 5. The molecule has 0 spiro atoms. The minimum atomic E-state index is -0.610. The number of aliphatic hydroxyl groups excluding tert-OH is 1. The van der Waals surface area contributed by atoms with Gasteiger partial charge in [0.15, 0.2) is 0 Å². The molecule has 1 aliphatic carbocycles. The third-order valence-electron chi connectivity index (χ3n) is 7.90. The molecule has 7 nitrogen and oxygen atoms in total. The van der Waals surface area contributed by atoms with Crippen molar-refractivity contribution in [3.05, 3.63) is 149 Å². The number of benzene rings is 4. The lowest BCUT2D eigenvalue weighted by molar-refractivity contribution is -0.119. The molecule has 0 heterocycles. The Morgan fingerprint density at radius 2 is 1.61 bits per heavy atom. The van der Waals surface area contributed by atoms with Crippen LogP contribution in [0, 0.1) is 5.41 Å². The normalized spacial score (nSPS) is 12.8. The largest absolute Gasteiger partial charge is 0.457 e. The van der Waals surface area contributed by atoms with Crippen LogP contribution < -0.4 is 15.4 Å². The molecule has 0 radical (unpaired) electrons. The summed E-state index contributed by atoms with van der Waals surface area (Å²) >= 11 is 3.48. The fourth-order valence-corrected chi connectivity index (χ4v) is 5.60. The minimum Gasteiger partial charge on any atom is -0.457 e. The fourth-order valence-electron chi connectivity index (χ4n) is 5.23. The molecule has 4 aromatic carbocycles. The van der Waals surface area contributed by atoms with E-state index in [-0.39, 0.29) is 11.8 Å². The molecule has 254 valence electrons. The lowest BCUT2D eigenvalue weighted by atomic mass is 9.93. The Kier molecular flexibility index (Phi) is 15.4. The van der Waals surface area contributed by atoms with Crippen molar-refractivity contribution < 1.29 is 24.2 Å². The van der Waals surface area contributed by atoms with Gasteiger partial charge in [0.05, 0.1) is 16.7 Å². The van der Waals surface area contributed by atoms with Gasteiger partial charge < -0.3 is 25.3 Å². The van der Waals surface area contributed by atoms with E-state index >= 15 is 0 Å². The van der Waals surface area contributed by atoms with Crippen molar-refractivity contribution >= 4 is 40.2 Å². The van der Waals surface area contributed by atoms with Gasteiger partial charge in [-0.15, -0.1) is 0 Å². The van der Waals surface area contributed by atoms with E-state index in [0.717, 1.165) is 64.6 Å². The molecule has 0 saturated heterocycles. The molecule has 4 aromatic rings. The van der Waals surface area contributed by atoms with Crippen LogP contribution in [0.2, 0.25) is 0 Å². The zero-order valence-corrected chi connectivity index (χ0v) is 29.5. The fraction of sp³-hybridized carbons (Fsp3) is 0.195. The lowest BCUT2D eigenvalue weighted by Gasteiger charge is -2.18. The van der Waals surface area contributed by atoms with Crippen molar-refractivity contribution in [3.8, 4) is 22.6 Å². The number of hydrogen-bond donors (Lipinski definition) is 3. The van der Waals surface area contributed by atoms with Crippen molar-refractivity contribution in [1.29, 1.82) is 0 Å². The Morgan fingerprint density at radius 1 is 0.939 bits per heavy atom. The van der Waals surface area contributed by atoms with E-state index in [1.165, 1.54) is 0 Å². The number of aliphatic hydroxyl groups is 1. The molecule has 1 saturated carbocycles. The standard InChI is InChI=1S/C39H37BrN2O3.CH4O.CH2O/c1-3-5-7-12-30(4-2)39(24-25-39)38(44)42-35-22-21-31(40)27-34(35)37(43)41-26-23-28-17-19-29(20-18-28)33-15-10-11-16-36(33)45-32-13-8-6-9-14-32;2*1-2/h4-22,27H,2-3,23-26H2,1H3,(H,41,43)(H,42,44);2H,1H3;1H2/b7-5-,30-12+;;. The SMILES string of the molecule is C=C/C(=C\C=C/CC)C1(C(=O)Nc2ccc(Br)cc2C(=O)NCCc2ccc(-c3ccccc3Oc3ccccc3)cc2)CC1.C=O.CO. The van der Waals surface area contributed by atoms with Gasteiger partial charge in [-0.3, -0.25) is 9.59 Å². The number of para-hydroxylation sites is 2. The quantitative estimate of drug-likeness (QED) is 0.119. The number of halogens is 1. The molecule has 0 atom stereocenters. The summed E-state index contributed by atoms with van der Waals surface area (Å²) in [6.07, 6.45) is 10.8. The molecule has 2 amide bonds. The van der Waals surface area contributed by atoms with Gasteiger partial charge in [-0.05, 0) is 78.8 Å². The van der Waals surface area contributed by atoms with E-state index in [1.54, 1.807) is 18.2 Å². The van der Waals surface area contributed by atoms with Gasteiger partial charge in [-0.2, -0.15) is 0 Å². The first-order chi connectivity index (χ1) is 23.9. The van der Waals surface area contributed by atoms with Gasteiger partial charge in [0.1, 0.15) is 18.3 Å². The van der Waals surface area contributed by atoms with E-state index < -0.39 is 5.41 Å². The molecule has 0 aliphatic heterocycles. The summed E-state index contributed by atoms with van der Waals surface area (Å²) in [4.78, 5) is 34.8. The second kappa shape index (κ2) is 19.7. The van der Waals surface area contributed by atoms with Crippen LogP contribution in [0.4, 0.5) is 5.69 Å². The number of amides is 2. The highest BCUT2D eigenvalue weighted by Crippen LogP contribution is 2.53. The minimum absolute atomic E-state index is 0.120. The molecule has 3 N–H and O–H groups in total. The molecule has 0 bridgehead atoms. The van der Waals surface area contributed by atoms with Crippen LogP contribution in [0.15, 0.2) is 138 Å². The summed E-state index contributed by atoms with van der Waals surface area (Å²) < 4.78 is 6.90. The highest BCUT2D eigenvalue weighted by atomic mass is 79.9. The predicted octanol–water partition coefficient (Wildman–Crippen LogP) is 9.10. The van der Waals surface area contributed by atoms with Gasteiger partial charge in [0.25, 0.3) is 5.91 Å². The van der Waals surface area contributed by atoms with Gasteiger partial charge in [0, 0.05) is 23.7 Å². The van der Waals surface area contributed by atoms with Crippen LogP contribution >= 0.6 is 15.9 Å². The summed E-state index contributed by atoms with van der Waals surface area (Å²) in [5.41, 5.74) is 4.33. The van der Waals surface area contributed by atoms with Gasteiger partial charge in [-0.1, -0.05) is 114 Å². The first-order valence-corrected chi connectivity index (χ1v) is 16.8. The Bertz CT molecular complexity index is 1750. The van der Waals surface area contributed by atoms with E-state index in [4.69, 9.17) is 14.6 Å². The average Bonchev–Trinajstić information content (AvgIpc) is 3.96. The molecular weight excluding hydrogens is 680 g/mol. The number of rotatable bonds is 13. The van der Waals surface area contributed by atoms with Crippen molar-refractivity contribution in [2.24, 2.45) is 5.41 Å². The number of anilines is 1. The molecule has 0 unspecified atom stereocenters. The molecular formula is C41H43BrN2O5. The summed E-state index contributed by atoms with van der Waals surface area (Å²) in [5.74, 6) is 1.21. The van der Waals surface area contributed by atoms with E-state index in [1.807, 2.05) is 85.7 Å². The summed E-state index contributed by atoms with van der Waals surface area (Å²) in [6, 6.07) is 31.3. The van der Waals surface area contributed by atoms with E-state index in [0.29, 0.717) is 24.2 Å². The lowest BCUT2D eigenvalue weighted by Crippen LogP contribution is -2.29. The highest BCUT2D eigenvalue weighted by molar-refractivity contribution is 9.10. The zero-order chi connectivity index (χ0) is 35.6. The van der Waals surface area contributed by atoms with E-state index in [9.17, 15) is 9.59 Å². The van der Waals surface area contributed by atoms with Crippen molar-refractivity contribution in [2.75, 3.05) is 19.0 Å². The van der Waals surface area contributed by atoms with Crippen LogP contribution in [0.3, 0.4) is 0 Å². The molecule has 1 aliphatic rings. The molecule has 49 heavy (non-hydrogen) atoms. The Morgan fingerprint density at radius 3 is 2.27 bits per heavy atom. The third kappa shape index (κ3) is 10.5. The van der Waals surface area contributed by atoms with Gasteiger partial charge in [-0.25, -0.2) is 0 Å². The average molecular weight is 724 g/mol. The van der Waals surface area contributed by atoms with Gasteiger partial charge in [0.2, 0.25) is 5.91 Å². The maximum atomic E-state index is 13.5. The maximum absolute atomic E-state index is 13.5. The topological polar surface area (TPSA) is 105 Å².